The molecule has 1 rings (SSSR count). The van der Waals surface area contributed by atoms with Gasteiger partial charge in [0, 0.05) is 6.61 Å². The highest BCUT2D eigenvalue weighted by atomic mass is 127. The number of rotatable bonds is 3. The molecule has 2 atom stereocenters. The summed E-state index contributed by atoms with van der Waals surface area (Å²) in [5, 5.41) is 3.35. The predicted octanol–water partition coefficient (Wildman–Crippen LogP) is 1.54. The molecule has 0 bridgehead atoms. The number of hydrogen-bond donors (Lipinski definition) is 1. The van der Waals surface area contributed by atoms with Crippen molar-refractivity contribution in [3.8, 4) is 0 Å². The lowest BCUT2D eigenvalue weighted by Crippen LogP contribution is -2.34. The molecule has 0 saturated carbocycles. The number of alkyl halides is 1. The molecule has 0 aromatic rings. The van der Waals surface area contributed by atoms with Crippen molar-refractivity contribution in [2.24, 2.45) is 0 Å². The average Bonchev–Trinajstić information content (AvgIpc) is 2.31. The molecule has 3 heteroatoms. The van der Waals surface area contributed by atoms with Gasteiger partial charge in [0.15, 0.2) is 0 Å². The van der Waals surface area contributed by atoms with Gasteiger partial charge in [0.05, 0.1) is 3.92 Å². The van der Waals surface area contributed by atoms with E-state index in [1.54, 1.807) is 0 Å². The van der Waals surface area contributed by atoms with Crippen molar-refractivity contribution in [3.63, 3.8) is 0 Å². The molecule has 10 heavy (non-hydrogen) atoms. The van der Waals surface area contributed by atoms with E-state index >= 15 is 0 Å². The Kier molecular flexibility index (Phi) is 3.95. The van der Waals surface area contributed by atoms with Crippen LogP contribution in [0.25, 0.3) is 0 Å². The van der Waals surface area contributed by atoms with Gasteiger partial charge in [-0.25, -0.2) is 0 Å². The zero-order valence-electron chi connectivity index (χ0n) is 6.27. The smallest absolute Gasteiger partial charge is 0.120 e. The third-order valence-electron chi connectivity index (χ3n) is 1.62. The molecule has 2 unspecified atom stereocenters. The largest absolute Gasteiger partial charge is 0.362 e. The Morgan fingerprint density at radius 1 is 1.70 bits per heavy atom. The van der Waals surface area contributed by atoms with E-state index in [1.807, 2.05) is 0 Å². The summed E-state index contributed by atoms with van der Waals surface area (Å²) < 4.78 is 6.12. The van der Waals surface area contributed by atoms with Crippen LogP contribution in [0.3, 0.4) is 0 Å². The van der Waals surface area contributed by atoms with E-state index in [1.165, 1.54) is 12.8 Å². The molecule has 0 aromatic heterocycles. The van der Waals surface area contributed by atoms with Crippen molar-refractivity contribution < 1.29 is 4.74 Å². The maximum absolute atomic E-state index is 5.45. The quantitative estimate of drug-likeness (QED) is 0.610. The molecule has 1 fully saturated rings. The zero-order chi connectivity index (χ0) is 7.40. The summed E-state index contributed by atoms with van der Waals surface area (Å²) in [5.41, 5.74) is 0. The Morgan fingerprint density at radius 3 is 3.00 bits per heavy atom. The van der Waals surface area contributed by atoms with Crippen LogP contribution < -0.4 is 5.32 Å². The highest BCUT2D eigenvalue weighted by Gasteiger charge is 2.24. The van der Waals surface area contributed by atoms with E-state index in [0.29, 0.717) is 10.2 Å². The minimum absolute atomic E-state index is 0.320. The molecular weight excluding hydrogens is 241 g/mol. The molecule has 0 amide bonds. The minimum atomic E-state index is 0.320. The molecule has 0 radical (unpaired) electrons. The van der Waals surface area contributed by atoms with E-state index < -0.39 is 0 Å². The Bertz CT molecular complexity index is 99.6. The van der Waals surface area contributed by atoms with Gasteiger partial charge in [0.2, 0.25) is 0 Å². The number of nitrogens with one attached hydrogen (secondary N) is 1. The third-order valence-corrected chi connectivity index (χ3v) is 2.89. The average molecular weight is 255 g/mol. The number of ether oxygens (including phenoxy) is 1. The summed E-state index contributed by atoms with van der Waals surface area (Å²) in [4.78, 5) is 0. The van der Waals surface area contributed by atoms with Crippen LogP contribution in [0.5, 0.6) is 0 Å². The van der Waals surface area contributed by atoms with Crippen LogP contribution in [-0.4, -0.2) is 23.3 Å². The van der Waals surface area contributed by atoms with Crippen LogP contribution in [0.1, 0.15) is 19.8 Å². The third kappa shape index (κ3) is 2.36. The fourth-order valence-electron chi connectivity index (χ4n) is 1.04. The van der Waals surface area contributed by atoms with Gasteiger partial charge in [0.1, 0.15) is 6.23 Å². The van der Waals surface area contributed by atoms with E-state index in [0.717, 1.165) is 13.2 Å². The molecule has 1 saturated heterocycles. The van der Waals surface area contributed by atoms with Crippen molar-refractivity contribution >= 4 is 22.6 Å². The van der Waals surface area contributed by atoms with Gasteiger partial charge in [-0.05, 0) is 19.4 Å². The lowest BCUT2D eigenvalue weighted by molar-refractivity contribution is 0.0883. The van der Waals surface area contributed by atoms with Crippen molar-refractivity contribution in [2.75, 3.05) is 13.2 Å². The van der Waals surface area contributed by atoms with E-state index in [4.69, 9.17) is 4.74 Å². The Labute approximate surface area is 75.8 Å². The topological polar surface area (TPSA) is 21.3 Å². The standard InChI is InChI=1S/C7H14INO/c1-2-4-9-7-6(8)3-5-10-7/h6-7,9H,2-5H2,1H3. The number of halogens is 1. The second kappa shape index (κ2) is 4.51. The van der Waals surface area contributed by atoms with E-state index in [9.17, 15) is 0 Å². The van der Waals surface area contributed by atoms with E-state index in [-0.39, 0.29) is 0 Å². The van der Waals surface area contributed by atoms with Crippen LogP contribution in [-0.2, 0) is 4.74 Å². The Balaban J connectivity index is 2.14. The number of hydrogen-bond acceptors (Lipinski definition) is 2. The lowest BCUT2D eigenvalue weighted by Gasteiger charge is -2.13. The molecule has 2 nitrogen and oxygen atoms in total. The summed E-state index contributed by atoms with van der Waals surface area (Å²) >= 11 is 2.45. The van der Waals surface area contributed by atoms with Crippen molar-refractivity contribution in [1.29, 1.82) is 0 Å². The summed E-state index contributed by atoms with van der Waals surface area (Å²) in [6.45, 7) is 4.17. The van der Waals surface area contributed by atoms with Gasteiger partial charge in [0.25, 0.3) is 0 Å². The van der Waals surface area contributed by atoms with Crippen LogP contribution in [0.15, 0.2) is 0 Å². The molecule has 0 spiro atoms. The second-order valence-electron chi connectivity index (χ2n) is 2.55. The highest BCUT2D eigenvalue weighted by molar-refractivity contribution is 14.1. The van der Waals surface area contributed by atoms with Gasteiger partial charge >= 0.3 is 0 Å². The van der Waals surface area contributed by atoms with Gasteiger partial charge in [-0.1, -0.05) is 29.5 Å². The summed E-state index contributed by atoms with van der Waals surface area (Å²) in [6.07, 6.45) is 2.70. The van der Waals surface area contributed by atoms with Crippen molar-refractivity contribution in [1.82, 2.24) is 5.32 Å². The summed E-state index contributed by atoms with van der Waals surface area (Å²) in [6, 6.07) is 0. The first-order valence-electron chi connectivity index (χ1n) is 3.83. The molecule has 0 aromatic carbocycles. The predicted molar refractivity (Wildman–Crippen MR) is 50.5 cm³/mol. The fraction of sp³-hybridized carbons (Fsp3) is 1.00. The first-order valence-corrected chi connectivity index (χ1v) is 5.08. The molecule has 0 aliphatic carbocycles. The molecule has 60 valence electrons. The Hall–Kier alpha value is 0.650. The van der Waals surface area contributed by atoms with Crippen molar-refractivity contribution in [3.05, 3.63) is 0 Å². The monoisotopic (exact) mass is 255 g/mol. The van der Waals surface area contributed by atoms with Gasteiger partial charge < -0.3 is 4.74 Å². The van der Waals surface area contributed by atoms with Gasteiger partial charge in [-0.15, -0.1) is 0 Å². The first-order chi connectivity index (χ1) is 4.84. The molecule has 1 N–H and O–H groups in total. The minimum Gasteiger partial charge on any atom is -0.362 e. The SMILES string of the molecule is CCCNC1OCCC1I. The lowest BCUT2D eigenvalue weighted by atomic mass is 10.3. The summed E-state index contributed by atoms with van der Waals surface area (Å²) in [7, 11) is 0. The van der Waals surface area contributed by atoms with Crippen LogP contribution in [0.4, 0.5) is 0 Å². The molecule has 1 heterocycles. The van der Waals surface area contributed by atoms with Gasteiger partial charge in [-0.3, -0.25) is 5.32 Å². The highest BCUT2D eigenvalue weighted by Crippen LogP contribution is 2.19. The Morgan fingerprint density at radius 2 is 2.50 bits per heavy atom. The molecular formula is C7H14INO. The molecule has 1 aliphatic rings. The van der Waals surface area contributed by atoms with Crippen LogP contribution >= 0.6 is 22.6 Å². The van der Waals surface area contributed by atoms with Crippen molar-refractivity contribution in [2.45, 2.75) is 29.9 Å². The van der Waals surface area contributed by atoms with Gasteiger partial charge in [-0.2, -0.15) is 0 Å². The second-order valence-corrected chi connectivity index (χ2v) is 4.15. The maximum atomic E-state index is 5.45. The zero-order valence-corrected chi connectivity index (χ0v) is 8.43. The summed E-state index contributed by atoms with van der Waals surface area (Å²) in [5.74, 6) is 0. The normalized spacial score (nSPS) is 33.0. The molecule has 1 aliphatic heterocycles. The van der Waals surface area contributed by atoms with Crippen LogP contribution in [0, 0.1) is 0 Å². The van der Waals surface area contributed by atoms with E-state index in [2.05, 4.69) is 34.8 Å². The first kappa shape index (κ1) is 8.74. The maximum Gasteiger partial charge on any atom is 0.120 e. The fourth-order valence-corrected chi connectivity index (χ4v) is 1.75. The van der Waals surface area contributed by atoms with Crippen LogP contribution in [0.2, 0.25) is 0 Å².